The van der Waals surface area contributed by atoms with Gasteiger partial charge in [0.1, 0.15) is 22.4 Å². The fourth-order valence-electron chi connectivity index (χ4n) is 3.44. The summed E-state index contributed by atoms with van der Waals surface area (Å²) in [4.78, 5) is 2.61. The third-order valence-electron chi connectivity index (χ3n) is 5.26. The van der Waals surface area contributed by atoms with E-state index in [-0.39, 0.29) is 10.9 Å². The molecule has 3 aromatic carbocycles. The molecule has 2 nitrogen and oxygen atoms in total. The molecule has 0 saturated carbocycles. The first-order valence-electron chi connectivity index (χ1n) is 12.5. The van der Waals surface area contributed by atoms with Crippen molar-refractivity contribution in [2.75, 3.05) is 13.2 Å². The molecule has 4 rings (SSSR count). The van der Waals surface area contributed by atoms with E-state index in [0.717, 1.165) is 50.4 Å². The van der Waals surface area contributed by atoms with Gasteiger partial charge in [-0.1, -0.05) is 56.2 Å². The molecule has 4 aromatic rings. The minimum absolute atomic E-state index is 0.171. The van der Waals surface area contributed by atoms with E-state index in [0.29, 0.717) is 0 Å². The fraction of sp³-hybridized carbons (Fsp3) is 0.286. The van der Waals surface area contributed by atoms with Crippen molar-refractivity contribution in [1.29, 1.82) is 0 Å². The summed E-state index contributed by atoms with van der Waals surface area (Å²) >= 11 is 1.89. The van der Waals surface area contributed by atoms with Crippen LogP contribution in [0, 0.1) is 0 Å². The van der Waals surface area contributed by atoms with Crippen molar-refractivity contribution in [2.45, 2.75) is 53.5 Å². The quantitative estimate of drug-likeness (QED) is 0.0730. The molecule has 11 heteroatoms. The number of unbranched alkanes of at least 4 members (excludes halogenated alkanes) is 2. The van der Waals surface area contributed by atoms with E-state index in [1.807, 2.05) is 11.3 Å². The van der Waals surface area contributed by atoms with Crippen LogP contribution in [0.4, 0.5) is 25.2 Å². The molecule has 0 unspecified atom stereocenters. The zero-order valence-electron chi connectivity index (χ0n) is 21.6. The number of benzene rings is 3. The van der Waals surface area contributed by atoms with Crippen LogP contribution in [0.1, 0.15) is 39.5 Å². The first-order valence-corrected chi connectivity index (χ1v) is 16.6. The first kappa shape index (κ1) is 31.1. The molecule has 1 heterocycles. The van der Waals surface area contributed by atoms with Gasteiger partial charge < -0.3 is 9.47 Å². The molecule has 0 atom stereocenters. The van der Waals surface area contributed by atoms with Crippen LogP contribution >= 0.6 is 19.1 Å². The predicted molar refractivity (Wildman–Crippen MR) is 151 cm³/mol. The second kappa shape index (κ2) is 12.4. The van der Waals surface area contributed by atoms with E-state index >= 15 is 0 Å². The minimum atomic E-state index is -10.7. The van der Waals surface area contributed by atoms with Gasteiger partial charge in [0.05, 0.1) is 13.2 Å². The van der Waals surface area contributed by atoms with E-state index in [1.54, 1.807) is 0 Å². The summed E-state index contributed by atoms with van der Waals surface area (Å²) in [6.07, 6.45) is 4.46. The number of hydrogen-bond donors (Lipinski definition) is 0. The van der Waals surface area contributed by atoms with E-state index < -0.39 is 7.81 Å². The van der Waals surface area contributed by atoms with Crippen LogP contribution in [0.25, 0.3) is 10.1 Å². The number of thiophene rings is 1. The van der Waals surface area contributed by atoms with Crippen molar-refractivity contribution in [3.8, 4) is 11.5 Å². The third-order valence-corrected chi connectivity index (χ3v) is 8.92. The van der Waals surface area contributed by atoms with E-state index in [9.17, 15) is 25.2 Å². The normalized spacial score (nSPS) is 13.4. The van der Waals surface area contributed by atoms with Gasteiger partial charge in [0.2, 0.25) is 4.21 Å². The molecule has 214 valence electrons. The van der Waals surface area contributed by atoms with Crippen molar-refractivity contribution in [3.63, 3.8) is 0 Å². The molecule has 0 spiro atoms. The van der Waals surface area contributed by atoms with E-state index in [2.05, 4.69) is 92.7 Å². The summed E-state index contributed by atoms with van der Waals surface area (Å²) in [5, 5.41) is 1.31. The van der Waals surface area contributed by atoms with Crippen LogP contribution in [0.2, 0.25) is 0 Å². The average molecular weight is 609 g/mol. The number of halogens is 6. The van der Waals surface area contributed by atoms with Crippen molar-refractivity contribution < 1.29 is 34.7 Å². The standard InChI is InChI=1S/C28H31O2S2.F6P/c1-3-5-19-29-23-11-15-25(16-12-23)32(28-21-22-9-7-8-10-27(22)31-28)26-17-13-24(14-18-26)30-20-6-4-2;1-7(2,3,4,5)6/h7-18,21H,3-6,19-20H2,1-2H3;/q+1;-1. The maximum absolute atomic E-state index is 10.7. The molecule has 0 aliphatic rings. The summed E-state index contributed by atoms with van der Waals surface area (Å²) in [5.41, 5.74) is 0. The van der Waals surface area contributed by atoms with Gasteiger partial charge in [-0.3, -0.25) is 0 Å². The number of hydrogen-bond acceptors (Lipinski definition) is 3. The Morgan fingerprint density at radius 2 is 1.10 bits per heavy atom. The molecule has 0 radical (unpaired) electrons. The van der Waals surface area contributed by atoms with Gasteiger partial charge in [-0.05, 0) is 72.8 Å². The van der Waals surface area contributed by atoms with Crippen LogP contribution in [0.5, 0.6) is 11.5 Å². The van der Waals surface area contributed by atoms with Gasteiger partial charge in [-0.15, -0.1) is 0 Å². The Balaban J connectivity index is 0.000000532. The van der Waals surface area contributed by atoms with Crippen molar-refractivity contribution in [1.82, 2.24) is 0 Å². The third kappa shape index (κ3) is 11.7. The number of rotatable bonds is 11. The summed E-state index contributed by atoms with van der Waals surface area (Å²) in [5.74, 6) is 1.89. The monoisotopic (exact) mass is 608 g/mol. The fourth-order valence-corrected chi connectivity index (χ4v) is 7.21. The summed E-state index contributed by atoms with van der Waals surface area (Å²) < 4.78 is 73.7. The molecule has 1 aromatic heterocycles. The molecule has 0 fully saturated rings. The van der Waals surface area contributed by atoms with Crippen molar-refractivity contribution in [2.24, 2.45) is 0 Å². The van der Waals surface area contributed by atoms with Crippen molar-refractivity contribution in [3.05, 3.63) is 78.9 Å². The Labute approximate surface area is 231 Å². The second-order valence-electron chi connectivity index (χ2n) is 8.71. The molecule has 0 saturated heterocycles. The molecule has 0 N–H and O–H groups in total. The van der Waals surface area contributed by atoms with Gasteiger partial charge in [0.25, 0.3) is 0 Å². The molecule has 0 aliphatic carbocycles. The Bertz CT molecular complexity index is 1230. The van der Waals surface area contributed by atoms with Gasteiger partial charge >= 0.3 is 33.0 Å². The predicted octanol–water partition coefficient (Wildman–Crippen LogP) is 11.7. The first-order chi connectivity index (χ1) is 18.2. The second-order valence-corrected chi connectivity index (χ2v) is 14.0. The van der Waals surface area contributed by atoms with Crippen LogP contribution in [-0.4, -0.2) is 13.2 Å². The van der Waals surface area contributed by atoms with Gasteiger partial charge in [-0.25, -0.2) is 0 Å². The Morgan fingerprint density at radius 3 is 1.51 bits per heavy atom. The Kier molecular flexibility index (Phi) is 9.89. The van der Waals surface area contributed by atoms with E-state index in [1.165, 1.54) is 24.1 Å². The maximum atomic E-state index is 9.87. The van der Waals surface area contributed by atoms with Crippen LogP contribution in [0.3, 0.4) is 0 Å². The SMILES string of the molecule is CCCCOc1ccc([S+](c2ccc(OCCCC)cc2)c2cc3ccccc3s2)cc1.F[P-](F)(F)(F)(F)F. The summed E-state index contributed by atoms with van der Waals surface area (Å²) in [6, 6.07) is 28.3. The zero-order chi connectivity index (χ0) is 28.6. The Morgan fingerprint density at radius 1 is 0.667 bits per heavy atom. The van der Waals surface area contributed by atoms with Gasteiger partial charge in [0, 0.05) is 10.8 Å². The van der Waals surface area contributed by atoms with Crippen LogP contribution in [0.15, 0.2) is 92.9 Å². The molecular formula is C28H31F6O2PS2. The number of fused-ring (bicyclic) bond motifs is 1. The molecule has 0 aliphatic heterocycles. The van der Waals surface area contributed by atoms with E-state index in [4.69, 9.17) is 9.47 Å². The van der Waals surface area contributed by atoms with Gasteiger partial charge in [-0.2, -0.15) is 0 Å². The Hall–Kier alpha value is -2.42. The van der Waals surface area contributed by atoms with Gasteiger partial charge in [0.15, 0.2) is 9.79 Å². The zero-order valence-corrected chi connectivity index (χ0v) is 24.1. The molecule has 0 bridgehead atoms. The molecular weight excluding hydrogens is 577 g/mol. The topological polar surface area (TPSA) is 18.5 Å². The molecule has 0 amide bonds. The number of ether oxygens (including phenoxy) is 2. The van der Waals surface area contributed by atoms with Crippen LogP contribution < -0.4 is 9.47 Å². The average Bonchev–Trinajstić information content (AvgIpc) is 3.28. The summed E-state index contributed by atoms with van der Waals surface area (Å²) in [6.45, 7) is 5.92. The molecule has 39 heavy (non-hydrogen) atoms. The van der Waals surface area contributed by atoms with Crippen molar-refractivity contribution >= 4 is 40.1 Å². The van der Waals surface area contributed by atoms with Crippen LogP contribution in [-0.2, 0) is 10.9 Å². The summed E-state index contributed by atoms with van der Waals surface area (Å²) in [7, 11) is -10.8.